The molecule has 0 aliphatic carbocycles. The molecule has 0 radical (unpaired) electrons. The SMILES string of the molecule is CCCc1noc(C(C)Nc2ccc3oc(C)nc3c2)n1. The first kappa shape index (κ1) is 13.6. The van der Waals surface area contributed by atoms with Crippen LogP contribution >= 0.6 is 0 Å². The van der Waals surface area contributed by atoms with Crippen molar-refractivity contribution in [1.29, 1.82) is 0 Å². The summed E-state index contributed by atoms with van der Waals surface area (Å²) in [4.78, 5) is 8.71. The van der Waals surface area contributed by atoms with Gasteiger partial charge in [-0.2, -0.15) is 4.98 Å². The van der Waals surface area contributed by atoms with Crippen molar-refractivity contribution in [2.24, 2.45) is 0 Å². The third kappa shape index (κ3) is 2.89. The maximum absolute atomic E-state index is 5.46. The molecule has 0 bridgehead atoms. The van der Waals surface area contributed by atoms with Crippen LogP contribution in [0.15, 0.2) is 27.1 Å². The normalized spacial score (nSPS) is 12.7. The topological polar surface area (TPSA) is 77.0 Å². The summed E-state index contributed by atoms with van der Waals surface area (Å²) in [5, 5.41) is 7.31. The van der Waals surface area contributed by atoms with E-state index in [1.54, 1.807) is 0 Å². The Hall–Kier alpha value is -2.37. The maximum Gasteiger partial charge on any atom is 0.248 e. The number of fused-ring (bicyclic) bond motifs is 1. The number of benzene rings is 1. The molecular formula is C15H18N4O2. The second kappa shape index (κ2) is 5.55. The molecule has 0 saturated heterocycles. The van der Waals surface area contributed by atoms with Crippen LogP contribution in [0.5, 0.6) is 0 Å². The van der Waals surface area contributed by atoms with Gasteiger partial charge < -0.3 is 14.3 Å². The Morgan fingerprint density at radius 2 is 2.14 bits per heavy atom. The van der Waals surface area contributed by atoms with Crippen molar-refractivity contribution in [2.45, 2.75) is 39.7 Å². The molecule has 0 amide bonds. The second-order valence-electron chi connectivity index (χ2n) is 5.08. The number of aromatic nitrogens is 3. The summed E-state index contributed by atoms with van der Waals surface area (Å²) < 4.78 is 10.7. The molecule has 1 unspecified atom stereocenters. The lowest BCUT2D eigenvalue weighted by Gasteiger charge is -2.10. The predicted molar refractivity (Wildman–Crippen MR) is 79.1 cm³/mol. The first-order valence-corrected chi connectivity index (χ1v) is 7.12. The lowest BCUT2D eigenvalue weighted by atomic mass is 10.2. The van der Waals surface area contributed by atoms with Crippen molar-refractivity contribution in [2.75, 3.05) is 5.32 Å². The molecule has 3 aromatic rings. The average Bonchev–Trinajstić information content (AvgIpc) is 3.04. The molecule has 3 rings (SSSR count). The molecule has 0 aliphatic heterocycles. The van der Waals surface area contributed by atoms with Crippen molar-refractivity contribution < 1.29 is 8.94 Å². The van der Waals surface area contributed by atoms with Crippen LogP contribution < -0.4 is 5.32 Å². The van der Waals surface area contributed by atoms with E-state index in [1.165, 1.54) is 0 Å². The fraction of sp³-hybridized carbons (Fsp3) is 0.400. The number of nitrogens with zero attached hydrogens (tertiary/aromatic N) is 3. The van der Waals surface area contributed by atoms with E-state index in [0.717, 1.165) is 35.5 Å². The van der Waals surface area contributed by atoms with Crippen LogP contribution in [0.4, 0.5) is 5.69 Å². The number of anilines is 1. The van der Waals surface area contributed by atoms with Crippen molar-refractivity contribution in [1.82, 2.24) is 15.1 Å². The smallest absolute Gasteiger partial charge is 0.248 e. The van der Waals surface area contributed by atoms with Gasteiger partial charge in [-0.05, 0) is 31.5 Å². The molecule has 0 fully saturated rings. The van der Waals surface area contributed by atoms with Crippen LogP contribution in [0, 0.1) is 6.92 Å². The summed E-state index contributed by atoms with van der Waals surface area (Å²) in [6.07, 6.45) is 1.84. The van der Waals surface area contributed by atoms with Gasteiger partial charge in [0.05, 0.1) is 0 Å². The van der Waals surface area contributed by atoms with Gasteiger partial charge in [-0.1, -0.05) is 12.1 Å². The monoisotopic (exact) mass is 286 g/mol. The van der Waals surface area contributed by atoms with Gasteiger partial charge >= 0.3 is 0 Å². The Morgan fingerprint density at radius 3 is 2.95 bits per heavy atom. The molecule has 0 saturated carbocycles. The molecule has 6 nitrogen and oxygen atoms in total. The van der Waals surface area contributed by atoms with E-state index in [-0.39, 0.29) is 6.04 Å². The predicted octanol–water partition coefficient (Wildman–Crippen LogP) is 3.64. The maximum atomic E-state index is 5.46. The van der Waals surface area contributed by atoms with Gasteiger partial charge in [0, 0.05) is 19.0 Å². The summed E-state index contributed by atoms with van der Waals surface area (Å²) in [7, 11) is 0. The van der Waals surface area contributed by atoms with Crippen molar-refractivity contribution in [3.63, 3.8) is 0 Å². The molecule has 110 valence electrons. The van der Waals surface area contributed by atoms with E-state index in [9.17, 15) is 0 Å². The zero-order valence-corrected chi connectivity index (χ0v) is 12.4. The lowest BCUT2D eigenvalue weighted by Crippen LogP contribution is -2.07. The number of nitrogens with one attached hydrogen (secondary N) is 1. The summed E-state index contributed by atoms with van der Waals surface area (Å²) in [5.41, 5.74) is 2.56. The zero-order chi connectivity index (χ0) is 14.8. The third-order valence-corrected chi connectivity index (χ3v) is 3.21. The lowest BCUT2D eigenvalue weighted by molar-refractivity contribution is 0.362. The molecule has 2 heterocycles. The third-order valence-electron chi connectivity index (χ3n) is 3.21. The van der Waals surface area contributed by atoms with E-state index in [1.807, 2.05) is 32.0 Å². The molecule has 1 atom stereocenters. The summed E-state index contributed by atoms with van der Waals surface area (Å²) in [5.74, 6) is 2.01. The Kier molecular flexibility index (Phi) is 3.60. The molecule has 2 aromatic heterocycles. The molecule has 1 aromatic carbocycles. The van der Waals surface area contributed by atoms with Gasteiger partial charge in [0.1, 0.15) is 11.6 Å². The minimum atomic E-state index is -0.0615. The van der Waals surface area contributed by atoms with E-state index >= 15 is 0 Å². The van der Waals surface area contributed by atoms with Crippen LogP contribution in [0.3, 0.4) is 0 Å². The summed E-state index contributed by atoms with van der Waals surface area (Å²) >= 11 is 0. The zero-order valence-electron chi connectivity index (χ0n) is 12.4. The highest BCUT2D eigenvalue weighted by atomic mass is 16.5. The standard InChI is InChI=1S/C15H18N4O2/c1-4-5-14-18-15(21-19-14)9(2)16-11-6-7-13-12(8-11)17-10(3)20-13/h6-9,16H,4-5H2,1-3H3. The fourth-order valence-corrected chi connectivity index (χ4v) is 2.21. The van der Waals surface area contributed by atoms with E-state index in [0.29, 0.717) is 11.8 Å². The van der Waals surface area contributed by atoms with Crippen LogP contribution in [0.2, 0.25) is 0 Å². The number of oxazole rings is 1. The minimum Gasteiger partial charge on any atom is -0.441 e. The van der Waals surface area contributed by atoms with Crippen molar-refractivity contribution >= 4 is 16.8 Å². The van der Waals surface area contributed by atoms with Gasteiger partial charge in [-0.25, -0.2) is 4.98 Å². The Bertz CT molecular complexity index is 747. The summed E-state index contributed by atoms with van der Waals surface area (Å²) in [6, 6.07) is 5.74. The average molecular weight is 286 g/mol. The van der Waals surface area contributed by atoms with E-state index < -0.39 is 0 Å². The Balaban J connectivity index is 1.76. The molecule has 21 heavy (non-hydrogen) atoms. The van der Waals surface area contributed by atoms with E-state index in [2.05, 4.69) is 27.4 Å². The Morgan fingerprint density at radius 1 is 1.29 bits per heavy atom. The van der Waals surface area contributed by atoms with Gasteiger partial charge in [0.15, 0.2) is 17.3 Å². The number of hydrogen-bond donors (Lipinski definition) is 1. The largest absolute Gasteiger partial charge is 0.441 e. The second-order valence-corrected chi connectivity index (χ2v) is 5.08. The quantitative estimate of drug-likeness (QED) is 0.771. The highest BCUT2D eigenvalue weighted by Crippen LogP contribution is 2.23. The number of hydrogen-bond acceptors (Lipinski definition) is 6. The molecular weight excluding hydrogens is 268 g/mol. The minimum absolute atomic E-state index is 0.0615. The van der Waals surface area contributed by atoms with Gasteiger partial charge in [0.2, 0.25) is 5.89 Å². The highest BCUT2D eigenvalue weighted by Gasteiger charge is 2.14. The van der Waals surface area contributed by atoms with Gasteiger partial charge in [-0.3, -0.25) is 0 Å². The van der Waals surface area contributed by atoms with Crippen LogP contribution in [-0.4, -0.2) is 15.1 Å². The first-order valence-electron chi connectivity index (χ1n) is 7.12. The molecule has 6 heteroatoms. The molecule has 0 aliphatic rings. The van der Waals surface area contributed by atoms with Gasteiger partial charge in [0.25, 0.3) is 0 Å². The van der Waals surface area contributed by atoms with Gasteiger partial charge in [-0.15, -0.1) is 0 Å². The first-order chi connectivity index (χ1) is 10.2. The molecule has 0 spiro atoms. The fourth-order valence-electron chi connectivity index (χ4n) is 2.21. The molecule has 1 N–H and O–H groups in total. The Labute approximate surface area is 122 Å². The van der Waals surface area contributed by atoms with Crippen LogP contribution in [-0.2, 0) is 6.42 Å². The van der Waals surface area contributed by atoms with E-state index in [4.69, 9.17) is 8.94 Å². The summed E-state index contributed by atoms with van der Waals surface area (Å²) in [6.45, 7) is 5.91. The van der Waals surface area contributed by atoms with Crippen LogP contribution in [0.25, 0.3) is 11.1 Å². The number of rotatable bonds is 5. The van der Waals surface area contributed by atoms with Crippen LogP contribution in [0.1, 0.15) is 43.9 Å². The van der Waals surface area contributed by atoms with Crippen molar-refractivity contribution in [3.8, 4) is 0 Å². The van der Waals surface area contributed by atoms with Crippen molar-refractivity contribution in [3.05, 3.63) is 35.8 Å². The highest BCUT2D eigenvalue weighted by molar-refractivity contribution is 5.77. The number of aryl methyl sites for hydroxylation is 2.